The highest BCUT2D eigenvalue weighted by Crippen LogP contribution is 2.25. The van der Waals surface area contributed by atoms with Crippen LogP contribution in [0, 0.1) is 0 Å². The Labute approximate surface area is 123 Å². The molecule has 0 aromatic heterocycles. The summed E-state index contributed by atoms with van der Waals surface area (Å²) < 4.78 is 0. The molecule has 0 aliphatic heterocycles. The second-order valence-electron chi connectivity index (χ2n) is 4.79. The summed E-state index contributed by atoms with van der Waals surface area (Å²) in [4.78, 5) is 14.2. The summed E-state index contributed by atoms with van der Waals surface area (Å²) in [6.45, 7) is 2.48. The zero-order valence-electron chi connectivity index (χ0n) is 11.8. The molecule has 5 nitrogen and oxygen atoms in total. The van der Waals surface area contributed by atoms with Gasteiger partial charge < -0.3 is 20.8 Å². The monoisotopic (exact) mass is 286 g/mol. The van der Waals surface area contributed by atoms with Crippen LogP contribution in [0.1, 0.15) is 23.7 Å². The highest BCUT2D eigenvalue weighted by molar-refractivity contribution is 6.06. The number of phenolic OH excluding ortho intramolecular Hbond substituents is 2. The second-order valence-corrected chi connectivity index (χ2v) is 4.79. The molecule has 2 aromatic carbocycles. The summed E-state index contributed by atoms with van der Waals surface area (Å²) in [5.74, 6) is -0.599. The standard InChI is InChI=1S/C16H18N2O3/c1-2-6-18(13-5-3-4-12(17)9-13)16(21)11-7-14(19)10-15(20)8-11/h3-5,7-10,19-20H,2,6,17H2,1H3. The van der Waals surface area contributed by atoms with Crippen LogP contribution in [0.15, 0.2) is 42.5 Å². The van der Waals surface area contributed by atoms with Crippen molar-refractivity contribution in [2.45, 2.75) is 13.3 Å². The number of nitrogens with two attached hydrogens (primary N) is 1. The van der Waals surface area contributed by atoms with Gasteiger partial charge in [-0.05, 0) is 36.8 Å². The number of carbonyl (C=O) groups is 1. The second kappa shape index (κ2) is 6.17. The molecule has 0 radical (unpaired) electrons. The maximum atomic E-state index is 12.6. The average Bonchev–Trinajstić information content (AvgIpc) is 2.43. The number of nitrogen functional groups attached to an aromatic ring is 1. The molecule has 0 aliphatic carbocycles. The van der Waals surface area contributed by atoms with Crippen LogP contribution >= 0.6 is 0 Å². The maximum absolute atomic E-state index is 12.6. The van der Waals surface area contributed by atoms with Crippen LogP contribution in [0.25, 0.3) is 0 Å². The van der Waals surface area contributed by atoms with E-state index in [0.717, 1.165) is 6.42 Å². The number of aromatic hydroxyl groups is 2. The van der Waals surface area contributed by atoms with Crippen molar-refractivity contribution in [2.24, 2.45) is 0 Å². The van der Waals surface area contributed by atoms with Crippen molar-refractivity contribution in [3.05, 3.63) is 48.0 Å². The summed E-state index contributed by atoms with van der Waals surface area (Å²) in [5.41, 5.74) is 7.24. The minimum Gasteiger partial charge on any atom is -0.508 e. The van der Waals surface area contributed by atoms with Crippen molar-refractivity contribution in [1.82, 2.24) is 0 Å². The summed E-state index contributed by atoms with van der Waals surface area (Å²) in [5, 5.41) is 19.0. The molecule has 0 heterocycles. The molecule has 0 unspecified atom stereocenters. The quantitative estimate of drug-likeness (QED) is 0.754. The number of nitrogens with zero attached hydrogens (tertiary/aromatic N) is 1. The zero-order chi connectivity index (χ0) is 15.4. The summed E-state index contributed by atoms with van der Waals surface area (Å²) >= 11 is 0. The molecule has 21 heavy (non-hydrogen) atoms. The molecular formula is C16H18N2O3. The molecule has 5 heteroatoms. The van der Waals surface area contributed by atoms with Gasteiger partial charge in [-0.25, -0.2) is 0 Å². The lowest BCUT2D eigenvalue weighted by Gasteiger charge is -2.23. The van der Waals surface area contributed by atoms with E-state index in [-0.39, 0.29) is 23.0 Å². The van der Waals surface area contributed by atoms with E-state index in [2.05, 4.69) is 0 Å². The molecule has 0 spiro atoms. The number of anilines is 2. The van der Waals surface area contributed by atoms with E-state index in [1.54, 1.807) is 29.2 Å². The number of phenols is 2. The van der Waals surface area contributed by atoms with Crippen molar-refractivity contribution < 1.29 is 15.0 Å². The van der Waals surface area contributed by atoms with E-state index in [1.165, 1.54) is 18.2 Å². The predicted molar refractivity (Wildman–Crippen MR) is 82.6 cm³/mol. The maximum Gasteiger partial charge on any atom is 0.258 e. The number of amides is 1. The van der Waals surface area contributed by atoms with Gasteiger partial charge in [0.25, 0.3) is 5.91 Å². The lowest BCUT2D eigenvalue weighted by Crippen LogP contribution is -2.31. The molecule has 0 bridgehead atoms. The summed E-state index contributed by atoms with van der Waals surface area (Å²) in [6, 6.07) is 10.9. The number of hydrogen-bond donors (Lipinski definition) is 3. The predicted octanol–water partition coefficient (Wildman–Crippen LogP) is 2.74. The van der Waals surface area contributed by atoms with Gasteiger partial charge >= 0.3 is 0 Å². The van der Waals surface area contributed by atoms with Crippen LogP contribution < -0.4 is 10.6 Å². The van der Waals surface area contributed by atoms with E-state index in [0.29, 0.717) is 17.9 Å². The number of carbonyl (C=O) groups excluding carboxylic acids is 1. The van der Waals surface area contributed by atoms with Gasteiger partial charge in [-0.1, -0.05) is 13.0 Å². The third-order valence-corrected chi connectivity index (χ3v) is 3.02. The van der Waals surface area contributed by atoms with Gasteiger partial charge in [-0.3, -0.25) is 4.79 Å². The van der Waals surface area contributed by atoms with Crippen LogP contribution in [0.3, 0.4) is 0 Å². The minimum atomic E-state index is -0.298. The molecule has 0 atom stereocenters. The third kappa shape index (κ3) is 3.45. The Morgan fingerprint density at radius 3 is 2.38 bits per heavy atom. The largest absolute Gasteiger partial charge is 0.508 e. The number of benzene rings is 2. The SMILES string of the molecule is CCCN(C(=O)c1cc(O)cc(O)c1)c1cccc(N)c1. The normalized spacial score (nSPS) is 10.3. The lowest BCUT2D eigenvalue weighted by atomic mass is 10.1. The highest BCUT2D eigenvalue weighted by Gasteiger charge is 2.18. The average molecular weight is 286 g/mol. The van der Waals surface area contributed by atoms with Crippen molar-refractivity contribution in [3.63, 3.8) is 0 Å². The van der Waals surface area contributed by atoms with Gasteiger partial charge in [-0.15, -0.1) is 0 Å². The van der Waals surface area contributed by atoms with Gasteiger partial charge in [0.05, 0.1) is 0 Å². The van der Waals surface area contributed by atoms with Crippen molar-refractivity contribution in [3.8, 4) is 11.5 Å². The molecule has 4 N–H and O–H groups in total. The summed E-state index contributed by atoms with van der Waals surface area (Å²) in [7, 11) is 0. The van der Waals surface area contributed by atoms with E-state index < -0.39 is 0 Å². The molecule has 110 valence electrons. The van der Waals surface area contributed by atoms with Crippen LogP contribution in [-0.4, -0.2) is 22.7 Å². The Hall–Kier alpha value is -2.69. The molecule has 1 amide bonds. The van der Waals surface area contributed by atoms with E-state index in [4.69, 9.17) is 5.73 Å². The van der Waals surface area contributed by atoms with Gasteiger partial charge in [-0.2, -0.15) is 0 Å². The first kappa shape index (κ1) is 14.7. The smallest absolute Gasteiger partial charge is 0.258 e. The number of rotatable bonds is 4. The van der Waals surface area contributed by atoms with Crippen LogP contribution in [-0.2, 0) is 0 Å². The van der Waals surface area contributed by atoms with E-state index >= 15 is 0 Å². The Bertz CT molecular complexity index is 635. The molecule has 0 saturated carbocycles. The fourth-order valence-electron chi connectivity index (χ4n) is 2.14. The van der Waals surface area contributed by atoms with Crippen molar-refractivity contribution in [2.75, 3.05) is 17.2 Å². The van der Waals surface area contributed by atoms with Crippen molar-refractivity contribution >= 4 is 17.3 Å². The van der Waals surface area contributed by atoms with Gasteiger partial charge in [0, 0.05) is 29.5 Å². The topological polar surface area (TPSA) is 86.8 Å². The van der Waals surface area contributed by atoms with Gasteiger partial charge in [0.15, 0.2) is 0 Å². The Morgan fingerprint density at radius 2 is 1.81 bits per heavy atom. The third-order valence-electron chi connectivity index (χ3n) is 3.02. The van der Waals surface area contributed by atoms with E-state index in [9.17, 15) is 15.0 Å². The first-order valence-corrected chi connectivity index (χ1v) is 6.71. The molecule has 2 aromatic rings. The van der Waals surface area contributed by atoms with Crippen LogP contribution in [0.5, 0.6) is 11.5 Å². The zero-order valence-corrected chi connectivity index (χ0v) is 11.8. The first-order valence-electron chi connectivity index (χ1n) is 6.71. The molecule has 0 fully saturated rings. The van der Waals surface area contributed by atoms with E-state index in [1.807, 2.05) is 6.92 Å². The minimum absolute atomic E-state index is 0.151. The molecule has 0 aliphatic rings. The number of hydrogen-bond acceptors (Lipinski definition) is 4. The lowest BCUT2D eigenvalue weighted by molar-refractivity contribution is 0.0986. The van der Waals surface area contributed by atoms with Crippen molar-refractivity contribution in [1.29, 1.82) is 0 Å². The van der Waals surface area contributed by atoms with Crippen LogP contribution in [0.4, 0.5) is 11.4 Å². The van der Waals surface area contributed by atoms with Gasteiger partial charge in [0.1, 0.15) is 11.5 Å². The Balaban J connectivity index is 2.39. The first-order chi connectivity index (χ1) is 10.0. The summed E-state index contributed by atoms with van der Waals surface area (Å²) in [6.07, 6.45) is 0.769. The Morgan fingerprint density at radius 1 is 1.14 bits per heavy atom. The fourth-order valence-corrected chi connectivity index (χ4v) is 2.14. The molecular weight excluding hydrogens is 268 g/mol. The Kier molecular flexibility index (Phi) is 4.33. The fraction of sp³-hybridized carbons (Fsp3) is 0.188. The molecule has 0 saturated heterocycles. The van der Waals surface area contributed by atoms with Crippen LogP contribution in [0.2, 0.25) is 0 Å². The highest BCUT2D eigenvalue weighted by atomic mass is 16.3. The molecule has 2 rings (SSSR count). The van der Waals surface area contributed by atoms with Gasteiger partial charge in [0.2, 0.25) is 0 Å².